The van der Waals surface area contributed by atoms with Gasteiger partial charge in [-0.15, -0.1) is 0 Å². The van der Waals surface area contributed by atoms with Crippen LogP contribution in [0.2, 0.25) is 0 Å². The van der Waals surface area contributed by atoms with Gasteiger partial charge in [-0.3, -0.25) is 18.6 Å². The number of carbonyl (C=O) groups excluding carboxylic acids is 2. The second kappa shape index (κ2) is 49.8. The van der Waals surface area contributed by atoms with E-state index in [1.165, 1.54) is 103 Å². The van der Waals surface area contributed by atoms with E-state index in [-0.39, 0.29) is 37.9 Å². The molecule has 3 unspecified atom stereocenters. The van der Waals surface area contributed by atoms with E-state index in [0.29, 0.717) is 23.9 Å². The molecule has 0 fully saturated rings. The fourth-order valence-corrected chi connectivity index (χ4v) is 8.41. The van der Waals surface area contributed by atoms with Crippen LogP contribution in [-0.2, 0) is 27.9 Å². The molecule has 0 bridgehead atoms. The van der Waals surface area contributed by atoms with Gasteiger partial charge in [0.1, 0.15) is 19.3 Å². The molecule has 10 heteroatoms. The van der Waals surface area contributed by atoms with E-state index in [2.05, 4.69) is 99.0 Å². The summed E-state index contributed by atoms with van der Waals surface area (Å²) in [5.41, 5.74) is 0. The molecule has 0 aliphatic heterocycles. The van der Waals surface area contributed by atoms with Crippen LogP contribution in [0.25, 0.3) is 0 Å². The molecule has 0 aliphatic rings. The Labute approximate surface area is 431 Å². The average Bonchev–Trinajstić information content (AvgIpc) is 3.32. The number of hydrogen-bond donors (Lipinski definition) is 2. The lowest BCUT2D eigenvalue weighted by Gasteiger charge is -2.27. The molecule has 1 amide bonds. The zero-order valence-electron chi connectivity index (χ0n) is 46.0. The van der Waals surface area contributed by atoms with E-state index >= 15 is 0 Å². The van der Waals surface area contributed by atoms with Crippen LogP contribution >= 0.6 is 7.82 Å². The van der Waals surface area contributed by atoms with Crippen LogP contribution in [0.5, 0.6) is 0 Å². The maximum absolute atomic E-state index is 13.5. The lowest BCUT2D eigenvalue weighted by atomic mass is 10.0. The number of unbranched alkanes of at least 4 members (excludes halogenated alkanes) is 22. The molecule has 0 aromatic carbocycles. The van der Waals surface area contributed by atoms with Gasteiger partial charge in [-0.2, -0.15) is 0 Å². The van der Waals surface area contributed by atoms with Crippen molar-refractivity contribution in [3.8, 4) is 0 Å². The molecule has 404 valence electrons. The maximum Gasteiger partial charge on any atom is 0.472 e. The predicted octanol–water partition coefficient (Wildman–Crippen LogP) is 17.0. The van der Waals surface area contributed by atoms with Gasteiger partial charge in [0.2, 0.25) is 5.91 Å². The highest BCUT2D eigenvalue weighted by atomic mass is 31.2. The number of ether oxygens (including phenoxy) is 1. The van der Waals surface area contributed by atoms with E-state index in [1.807, 2.05) is 33.3 Å². The quantitative estimate of drug-likeness (QED) is 0.0205. The van der Waals surface area contributed by atoms with Crippen molar-refractivity contribution >= 4 is 19.7 Å². The molecule has 0 spiro atoms. The number of allylic oxidation sites excluding steroid dienone is 13. The minimum Gasteiger partial charge on any atom is -0.456 e. The minimum absolute atomic E-state index is 0.0242. The Hall–Kier alpha value is -2.81. The van der Waals surface area contributed by atoms with Gasteiger partial charge in [0.05, 0.1) is 33.8 Å². The molecule has 0 radical (unpaired) electrons. The summed E-state index contributed by atoms with van der Waals surface area (Å²) in [6.45, 7) is 6.83. The Morgan fingerprint density at radius 2 is 0.929 bits per heavy atom. The number of rotatable bonds is 50. The number of likely N-dealkylation sites (N-methyl/N-ethyl adjacent to an activating group) is 1. The van der Waals surface area contributed by atoms with Crippen LogP contribution in [0.15, 0.2) is 85.1 Å². The SMILES string of the molecule is CC/C=C\C/C=C\C/C=C\C/C=C\C/C=C\CCCC(=O)NC(COP(=O)(O)OCC[N+](C)(C)C)C(/C=C/CCCCCCCCCCCCC)OC(=O)CCCCC/C=C\CCCCCCCCC. The topological polar surface area (TPSA) is 111 Å². The standard InChI is InChI=1S/C60H107N2O7P/c1-7-10-13-16-19-22-25-28-30-31-32-34-37-40-43-46-49-52-59(63)61-57(56-68-70(65,66)67-55-54-62(4,5)6)58(51-48-45-42-39-36-33-27-24-21-18-15-12-9-3)69-60(64)53-50-47-44-41-38-35-29-26-23-20-17-14-11-8-2/h10,13,19,22,28,30,32,34-35,38,40,43,48,51,57-58H,7-9,11-12,14-18,20-21,23-27,29,31,33,36-37,39,41-42,44-47,49-50,52-56H2,1-6H3,(H-,61,63,65,66)/p+1/b13-10-,22-19-,30-28-,34-32-,38-35-,43-40-,51-48+. The van der Waals surface area contributed by atoms with Gasteiger partial charge >= 0.3 is 13.8 Å². The van der Waals surface area contributed by atoms with E-state index in [1.54, 1.807) is 0 Å². The number of phosphoric acid groups is 1. The zero-order chi connectivity index (χ0) is 51.5. The van der Waals surface area contributed by atoms with E-state index in [4.69, 9.17) is 13.8 Å². The van der Waals surface area contributed by atoms with Gasteiger partial charge < -0.3 is 19.4 Å². The van der Waals surface area contributed by atoms with Crippen LogP contribution in [-0.4, -0.2) is 74.3 Å². The fraction of sp³-hybridized carbons (Fsp3) is 0.733. The summed E-state index contributed by atoms with van der Waals surface area (Å²) in [5, 5.41) is 3.01. The van der Waals surface area contributed by atoms with Crippen LogP contribution in [0.4, 0.5) is 0 Å². The van der Waals surface area contributed by atoms with Gasteiger partial charge in [-0.05, 0) is 96.0 Å². The molecule has 0 heterocycles. The van der Waals surface area contributed by atoms with E-state index < -0.39 is 20.0 Å². The summed E-state index contributed by atoms with van der Waals surface area (Å²) in [4.78, 5) is 37.5. The lowest BCUT2D eigenvalue weighted by Crippen LogP contribution is -2.47. The van der Waals surface area contributed by atoms with Gasteiger partial charge in [0.15, 0.2) is 0 Å². The van der Waals surface area contributed by atoms with Crippen molar-refractivity contribution in [3.63, 3.8) is 0 Å². The van der Waals surface area contributed by atoms with Crippen molar-refractivity contribution in [2.24, 2.45) is 0 Å². The first-order valence-corrected chi connectivity index (χ1v) is 29.9. The highest BCUT2D eigenvalue weighted by molar-refractivity contribution is 7.47. The number of nitrogens with zero attached hydrogens (tertiary/aromatic N) is 1. The molecule has 0 rings (SSSR count). The highest BCUT2D eigenvalue weighted by Gasteiger charge is 2.30. The Kier molecular flexibility index (Phi) is 47.8. The summed E-state index contributed by atoms with van der Waals surface area (Å²) in [6, 6.07) is -0.886. The normalized spacial score (nSPS) is 14.4. The van der Waals surface area contributed by atoms with Crippen molar-refractivity contribution in [2.45, 2.75) is 245 Å². The summed E-state index contributed by atoms with van der Waals surface area (Å²) >= 11 is 0. The summed E-state index contributed by atoms with van der Waals surface area (Å²) < 4.78 is 30.5. The highest BCUT2D eigenvalue weighted by Crippen LogP contribution is 2.43. The summed E-state index contributed by atoms with van der Waals surface area (Å²) in [5.74, 6) is -0.595. The molecular weight excluding hydrogens is 892 g/mol. The maximum atomic E-state index is 13.5. The van der Waals surface area contributed by atoms with Crippen molar-refractivity contribution in [1.29, 1.82) is 0 Å². The molecule has 0 saturated heterocycles. The second-order valence-electron chi connectivity index (χ2n) is 20.1. The Morgan fingerprint density at radius 1 is 0.514 bits per heavy atom. The molecule has 9 nitrogen and oxygen atoms in total. The minimum atomic E-state index is -4.47. The van der Waals surface area contributed by atoms with Gasteiger partial charge in [-0.25, -0.2) is 4.57 Å². The van der Waals surface area contributed by atoms with Crippen molar-refractivity contribution in [1.82, 2.24) is 5.32 Å². The van der Waals surface area contributed by atoms with Crippen LogP contribution in [0.1, 0.15) is 233 Å². The number of hydrogen-bond acceptors (Lipinski definition) is 6. The van der Waals surface area contributed by atoms with Gasteiger partial charge in [-0.1, -0.05) is 209 Å². The largest absolute Gasteiger partial charge is 0.472 e. The average molecular weight is 1000 g/mol. The Balaban J connectivity index is 5.51. The summed E-state index contributed by atoms with van der Waals surface area (Å²) in [7, 11) is 1.44. The number of esters is 1. The monoisotopic (exact) mass is 1000 g/mol. The van der Waals surface area contributed by atoms with Crippen LogP contribution < -0.4 is 5.32 Å². The molecule has 0 aromatic heterocycles. The fourth-order valence-electron chi connectivity index (χ4n) is 7.67. The third kappa shape index (κ3) is 50.1. The number of amides is 1. The van der Waals surface area contributed by atoms with Crippen molar-refractivity contribution in [2.75, 3.05) is 40.9 Å². The number of quaternary nitrogens is 1. The Morgan fingerprint density at radius 3 is 1.41 bits per heavy atom. The van der Waals surface area contributed by atoms with Crippen LogP contribution in [0.3, 0.4) is 0 Å². The zero-order valence-corrected chi connectivity index (χ0v) is 46.9. The molecule has 0 aromatic rings. The number of carbonyl (C=O) groups is 2. The van der Waals surface area contributed by atoms with E-state index in [0.717, 1.165) is 83.5 Å². The van der Waals surface area contributed by atoms with Crippen molar-refractivity contribution in [3.05, 3.63) is 85.1 Å². The second-order valence-corrected chi connectivity index (χ2v) is 21.5. The molecule has 0 saturated carbocycles. The molecule has 3 atom stereocenters. The number of phosphoric ester groups is 1. The first-order chi connectivity index (χ1) is 33.9. The molecule has 0 aliphatic carbocycles. The smallest absolute Gasteiger partial charge is 0.456 e. The van der Waals surface area contributed by atoms with Crippen molar-refractivity contribution < 1.29 is 37.3 Å². The van der Waals surface area contributed by atoms with Gasteiger partial charge in [0, 0.05) is 12.8 Å². The van der Waals surface area contributed by atoms with Gasteiger partial charge in [0.25, 0.3) is 0 Å². The third-order valence-corrected chi connectivity index (χ3v) is 13.1. The first-order valence-electron chi connectivity index (χ1n) is 28.4. The molecule has 70 heavy (non-hydrogen) atoms. The number of nitrogens with one attached hydrogen (secondary N) is 1. The Bertz CT molecular complexity index is 1480. The third-order valence-electron chi connectivity index (χ3n) is 12.1. The molecule has 2 N–H and O–H groups in total. The summed E-state index contributed by atoms with van der Waals surface area (Å²) in [6.07, 6.45) is 64.4. The van der Waals surface area contributed by atoms with E-state index in [9.17, 15) is 19.0 Å². The lowest BCUT2D eigenvalue weighted by molar-refractivity contribution is -0.870. The predicted molar refractivity (Wildman–Crippen MR) is 300 cm³/mol. The van der Waals surface area contributed by atoms with Crippen LogP contribution in [0, 0.1) is 0 Å². The molecular formula is C60H108N2O7P+. The first kappa shape index (κ1) is 67.2.